The van der Waals surface area contributed by atoms with Crippen LogP contribution in [0.4, 0.5) is 0 Å². The third kappa shape index (κ3) is 1.49. The second kappa shape index (κ2) is 3.73. The van der Waals surface area contributed by atoms with Gasteiger partial charge in [0.05, 0.1) is 0 Å². The van der Waals surface area contributed by atoms with Gasteiger partial charge in [-0.15, -0.1) is 10.2 Å². The lowest BCUT2D eigenvalue weighted by atomic mass is 10.1. The molecule has 0 saturated heterocycles. The van der Waals surface area contributed by atoms with Gasteiger partial charge in [0, 0.05) is 23.5 Å². The Kier molecular flexibility index (Phi) is 2.26. The minimum Gasteiger partial charge on any atom is -0.244 e. The van der Waals surface area contributed by atoms with Crippen molar-refractivity contribution in [3.63, 3.8) is 0 Å². The minimum absolute atomic E-state index is 0.544. The highest BCUT2D eigenvalue weighted by atomic mass is 15.5. The van der Waals surface area contributed by atoms with Crippen molar-refractivity contribution >= 4 is 5.57 Å². The molecule has 2 rings (SSSR count). The van der Waals surface area contributed by atoms with Crippen LogP contribution in [0.25, 0.3) is 5.57 Å². The number of aromatic amines is 1. The number of nitrogens with zero attached hydrogens (tertiary/aromatic N) is 5. The van der Waals surface area contributed by atoms with Crippen LogP contribution in [-0.2, 0) is 0 Å². The molecule has 0 atom stereocenters. The fourth-order valence-corrected chi connectivity index (χ4v) is 1.14. The number of allylic oxidation sites excluding steroid dienone is 1. The Bertz CT molecular complexity index is 418. The van der Waals surface area contributed by atoms with Crippen molar-refractivity contribution in [3.05, 3.63) is 36.2 Å². The monoisotopic (exact) mass is 188 g/mol. The lowest BCUT2D eigenvalue weighted by Crippen LogP contribution is -1.92. The lowest BCUT2D eigenvalue weighted by molar-refractivity contribution is 0.881. The van der Waals surface area contributed by atoms with Crippen molar-refractivity contribution in [2.45, 2.75) is 6.92 Å². The number of nitrogens with one attached hydrogen (secondary N) is 1. The molecule has 6 heteroatoms. The average molecular weight is 188 g/mol. The van der Waals surface area contributed by atoms with Gasteiger partial charge in [-0.25, -0.2) is 9.97 Å². The standard InChI is InChI=1S/C8H8N6/c1-2-7(8-11-13-14-12-8)6-3-9-5-10-4-6/h2-5H,1H3,(H,11,12,13,14)/b7-2+. The highest BCUT2D eigenvalue weighted by Crippen LogP contribution is 2.16. The van der Waals surface area contributed by atoms with Gasteiger partial charge in [-0.2, -0.15) is 5.21 Å². The Morgan fingerprint density at radius 1 is 1.36 bits per heavy atom. The third-order valence-corrected chi connectivity index (χ3v) is 1.75. The molecule has 1 N–H and O–H groups in total. The summed E-state index contributed by atoms with van der Waals surface area (Å²) in [5.41, 5.74) is 1.73. The summed E-state index contributed by atoms with van der Waals surface area (Å²) in [5, 5.41) is 13.7. The van der Waals surface area contributed by atoms with E-state index < -0.39 is 0 Å². The van der Waals surface area contributed by atoms with E-state index in [1.54, 1.807) is 12.4 Å². The van der Waals surface area contributed by atoms with Crippen LogP contribution in [0.15, 0.2) is 24.8 Å². The molecule has 0 aliphatic rings. The van der Waals surface area contributed by atoms with Gasteiger partial charge in [-0.05, 0) is 12.1 Å². The van der Waals surface area contributed by atoms with E-state index in [0.29, 0.717) is 5.82 Å². The van der Waals surface area contributed by atoms with E-state index in [2.05, 4.69) is 30.6 Å². The molecule has 0 unspecified atom stereocenters. The topological polar surface area (TPSA) is 80.2 Å². The van der Waals surface area contributed by atoms with Gasteiger partial charge in [0.1, 0.15) is 6.33 Å². The summed E-state index contributed by atoms with van der Waals surface area (Å²) in [4.78, 5) is 7.85. The molecular weight excluding hydrogens is 180 g/mol. The van der Waals surface area contributed by atoms with Gasteiger partial charge in [-0.1, -0.05) is 6.08 Å². The molecule has 0 saturated carbocycles. The minimum atomic E-state index is 0.544. The summed E-state index contributed by atoms with van der Waals surface area (Å²) in [5.74, 6) is 0.544. The summed E-state index contributed by atoms with van der Waals surface area (Å²) in [7, 11) is 0. The first-order chi connectivity index (χ1) is 6.92. The van der Waals surface area contributed by atoms with Crippen LogP contribution >= 0.6 is 0 Å². The fourth-order valence-electron chi connectivity index (χ4n) is 1.14. The largest absolute Gasteiger partial charge is 0.244 e. The first-order valence-corrected chi connectivity index (χ1v) is 4.07. The van der Waals surface area contributed by atoms with Crippen LogP contribution in [-0.4, -0.2) is 30.6 Å². The van der Waals surface area contributed by atoms with Crippen molar-refractivity contribution in [3.8, 4) is 0 Å². The van der Waals surface area contributed by atoms with Crippen LogP contribution in [0.3, 0.4) is 0 Å². The molecular formula is C8H8N6. The maximum atomic E-state index is 3.93. The molecule has 14 heavy (non-hydrogen) atoms. The Balaban J connectivity index is 2.43. The van der Waals surface area contributed by atoms with Gasteiger partial charge >= 0.3 is 0 Å². The molecule has 0 fully saturated rings. The van der Waals surface area contributed by atoms with E-state index >= 15 is 0 Å². The lowest BCUT2D eigenvalue weighted by Gasteiger charge is -1.99. The van der Waals surface area contributed by atoms with E-state index in [4.69, 9.17) is 0 Å². The smallest absolute Gasteiger partial charge is 0.205 e. The molecule has 70 valence electrons. The molecule has 2 aromatic rings. The SMILES string of the molecule is C/C=C(\c1cncnc1)c1nn[nH]n1. The molecule has 6 nitrogen and oxygen atoms in total. The molecule has 0 amide bonds. The molecule has 0 aliphatic heterocycles. The van der Waals surface area contributed by atoms with E-state index in [-0.39, 0.29) is 0 Å². The van der Waals surface area contributed by atoms with E-state index in [0.717, 1.165) is 11.1 Å². The van der Waals surface area contributed by atoms with Crippen molar-refractivity contribution < 1.29 is 0 Å². The van der Waals surface area contributed by atoms with Crippen LogP contribution in [0.5, 0.6) is 0 Å². The zero-order valence-corrected chi connectivity index (χ0v) is 7.55. The van der Waals surface area contributed by atoms with Gasteiger partial charge < -0.3 is 0 Å². The molecule has 0 spiro atoms. The van der Waals surface area contributed by atoms with Gasteiger partial charge in [-0.3, -0.25) is 0 Å². The summed E-state index contributed by atoms with van der Waals surface area (Å²) < 4.78 is 0. The highest BCUT2D eigenvalue weighted by Gasteiger charge is 2.08. The first-order valence-electron chi connectivity index (χ1n) is 4.07. The molecule has 2 heterocycles. The normalized spacial score (nSPS) is 11.6. The fraction of sp³-hybridized carbons (Fsp3) is 0.125. The van der Waals surface area contributed by atoms with Gasteiger partial charge in [0.25, 0.3) is 0 Å². The second-order valence-electron chi connectivity index (χ2n) is 2.56. The quantitative estimate of drug-likeness (QED) is 0.739. The van der Waals surface area contributed by atoms with E-state index in [1.807, 2.05) is 13.0 Å². The predicted octanol–water partition coefficient (Wildman–Crippen LogP) is 0.441. The van der Waals surface area contributed by atoms with Crippen LogP contribution < -0.4 is 0 Å². The first kappa shape index (κ1) is 8.49. The summed E-state index contributed by atoms with van der Waals surface area (Å²) in [6.45, 7) is 1.90. The number of H-pyrrole nitrogens is 1. The molecule has 2 aromatic heterocycles. The molecule has 0 aliphatic carbocycles. The Morgan fingerprint density at radius 2 is 2.14 bits per heavy atom. The van der Waals surface area contributed by atoms with Crippen molar-refractivity contribution in [1.82, 2.24) is 30.6 Å². The number of hydrogen-bond donors (Lipinski definition) is 1. The Morgan fingerprint density at radius 3 is 2.71 bits per heavy atom. The molecule has 0 radical (unpaired) electrons. The average Bonchev–Trinajstić information content (AvgIpc) is 2.74. The maximum absolute atomic E-state index is 3.93. The van der Waals surface area contributed by atoms with Crippen LogP contribution in [0, 0.1) is 0 Å². The zero-order chi connectivity index (χ0) is 9.80. The third-order valence-electron chi connectivity index (χ3n) is 1.75. The summed E-state index contributed by atoms with van der Waals surface area (Å²) >= 11 is 0. The predicted molar refractivity (Wildman–Crippen MR) is 49.0 cm³/mol. The maximum Gasteiger partial charge on any atom is 0.205 e. The van der Waals surface area contributed by atoms with Crippen LogP contribution in [0.2, 0.25) is 0 Å². The van der Waals surface area contributed by atoms with Crippen molar-refractivity contribution in [2.24, 2.45) is 0 Å². The molecule has 0 aromatic carbocycles. The van der Waals surface area contributed by atoms with Crippen LogP contribution in [0.1, 0.15) is 18.3 Å². The van der Waals surface area contributed by atoms with Crippen molar-refractivity contribution in [2.75, 3.05) is 0 Å². The number of hydrogen-bond acceptors (Lipinski definition) is 5. The Hall–Kier alpha value is -2.11. The number of tetrazole rings is 1. The Labute approximate surface area is 80.1 Å². The summed E-state index contributed by atoms with van der Waals surface area (Å²) in [6, 6.07) is 0. The van der Waals surface area contributed by atoms with E-state index in [1.165, 1.54) is 6.33 Å². The number of rotatable bonds is 2. The van der Waals surface area contributed by atoms with Gasteiger partial charge in [0.15, 0.2) is 0 Å². The van der Waals surface area contributed by atoms with E-state index in [9.17, 15) is 0 Å². The zero-order valence-electron chi connectivity index (χ0n) is 7.55. The van der Waals surface area contributed by atoms with Gasteiger partial charge in [0.2, 0.25) is 5.82 Å². The highest BCUT2D eigenvalue weighted by molar-refractivity contribution is 5.74. The van der Waals surface area contributed by atoms with Crippen molar-refractivity contribution in [1.29, 1.82) is 0 Å². The summed E-state index contributed by atoms with van der Waals surface area (Å²) in [6.07, 6.45) is 6.79. The molecule has 0 bridgehead atoms. The second-order valence-corrected chi connectivity index (χ2v) is 2.56. The number of aromatic nitrogens is 6.